The third-order valence-electron chi connectivity index (χ3n) is 0.783. The molecule has 0 aliphatic heterocycles. The van der Waals surface area contributed by atoms with Crippen molar-refractivity contribution in [3.63, 3.8) is 0 Å². The fourth-order valence-electron chi connectivity index (χ4n) is 0.462. The van der Waals surface area contributed by atoms with Crippen LogP contribution in [-0.2, 0) is 9.53 Å². The van der Waals surface area contributed by atoms with Crippen LogP contribution in [0.1, 0.15) is 20.8 Å². The zero-order valence-corrected chi connectivity index (χ0v) is 7.38. The summed E-state index contributed by atoms with van der Waals surface area (Å²) in [6.45, 7) is 4.68. The van der Waals surface area contributed by atoms with E-state index in [1.54, 1.807) is 20.8 Å². The molecule has 0 bridgehead atoms. The van der Waals surface area contributed by atoms with Crippen LogP contribution >= 0.6 is 0 Å². The Hall–Kier alpha value is -1.26. The number of alkyl carbamates (subject to hydrolysis) is 1. The smallest absolute Gasteiger partial charge is 0.408 e. The van der Waals surface area contributed by atoms with Gasteiger partial charge in [-0.1, -0.05) is 0 Å². The molecule has 0 aromatic heterocycles. The maximum absolute atomic E-state index is 10.8. The van der Waals surface area contributed by atoms with Crippen LogP contribution in [0.4, 0.5) is 4.79 Å². The Morgan fingerprint density at radius 1 is 1.42 bits per heavy atom. The fraction of sp³-hybridized carbons (Fsp3) is 0.714. The standard InChI is InChI=1S/C7H13NO4/c1-7(2,3)12-6(11)8-4-5(9)10/h4H2,1-3H3,(H,8,11)(H,9,10)/i4+1,8+1. The van der Waals surface area contributed by atoms with Crippen molar-refractivity contribution >= 4 is 12.1 Å². The molecule has 0 fully saturated rings. The molecular formula is C7H13NO4. The molecule has 0 saturated carbocycles. The summed E-state index contributed by atoms with van der Waals surface area (Å²) < 4.78 is 4.77. The Morgan fingerprint density at radius 2 is 1.92 bits per heavy atom. The molecule has 0 aliphatic carbocycles. The van der Waals surface area contributed by atoms with Gasteiger partial charge in [-0.2, -0.15) is 0 Å². The second-order valence-electron chi connectivity index (χ2n) is 3.25. The van der Waals surface area contributed by atoms with E-state index in [9.17, 15) is 9.59 Å². The zero-order valence-electron chi connectivity index (χ0n) is 7.38. The normalized spacial score (nSPS) is 10.6. The van der Waals surface area contributed by atoms with Gasteiger partial charge in [-0.05, 0) is 20.8 Å². The van der Waals surface area contributed by atoms with Gasteiger partial charge in [-0.25, -0.2) is 4.79 Å². The minimum atomic E-state index is -1.10. The van der Waals surface area contributed by atoms with Crippen molar-refractivity contribution in [2.75, 3.05) is 6.54 Å². The number of aliphatic carboxylic acids is 1. The first-order valence-electron chi connectivity index (χ1n) is 3.50. The summed E-state index contributed by atoms with van der Waals surface area (Å²) in [5, 5.41) is 10.3. The largest absolute Gasteiger partial charge is 0.480 e. The van der Waals surface area contributed by atoms with E-state index >= 15 is 0 Å². The number of carboxylic acid groups (broad SMARTS) is 1. The van der Waals surface area contributed by atoms with Gasteiger partial charge in [-0.3, -0.25) is 4.79 Å². The number of hydrogen-bond acceptors (Lipinski definition) is 3. The summed E-state index contributed by atoms with van der Waals surface area (Å²) >= 11 is 0. The van der Waals surface area contributed by atoms with Crippen LogP contribution in [0.5, 0.6) is 0 Å². The van der Waals surface area contributed by atoms with E-state index < -0.39 is 24.2 Å². The van der Waals surface area contributed by atoms with Crippen LogP contribution in [0.3, 0.4) is 0 Å². The number of carboxylic acids is 1. The molecule has 0 radical (unpaired) electrons. The molecule has 12 heavy (non-hydrogen) atoms. The summed E-state index contributed by atoms with van der Waals surface area (Å²) in [7, 11) is 0. The Bertz CT molecular complexity index is 182. The first kappa shape index (κ1) is 10.7. The molecule has 70 valence electrons. The lowest BCUT2D eigenvalue weighted by Gasteiger charge is -2.19. The van der Waals surface area contributed by atoms with Crippen LogP contribution in [0.15, 0.2) is 0 Å². The Kier molecular flexibility index (Phi) is 3.53. The summed E-state index contributed by atoms with van der Waals surface area (Å²) in [6, 6.07) is 0. The molecule has 0 rings (SSSR count). The van der Waals surface area contributed by atoms with E-state index in [1.807, 2.05) is 0 Å². The lowest BCUT2D eigenvalue weighted by atomic mass is 10.2. The number of carbonyl (C=O) groups excluding carboxylic acids is 1. The highest BCUT2D eigenvalue weighted by Gasteiger charge is 2.15. The predicted octanol–water partition coefficient (Wildman–Crippen LogP) is 0.596. The number of hydrogen-bond donors (Lipinski definition) is 2. The van der Waals surface area contributed by atoms with Crippen LogP contribution < -0.4 is 5.32 Å². The Morgan fingerprint density at radius 3 is 2.25 bits per heavy atom. The lowest BCUT2D eigenvalue weighted by molar-refractivity contribution is -0.136. The number of ether oxygens (including phenoxy) is 1. The van der Waals surface area contributed by atoms with Gasteiger partial charge in [0, 0.05) is 0 Å². The van der Waals surface area contributed by atoms with Crippen molar-refractivity contribution in [3.8, 4) is 0 Å². The molecule has 5 heteroatoms. The van der Waals surface area contributed by atoms with E-state index in [2.05, 4.69) is 5.32 Å². The zero-order chi connectivity index (χ0) is 9.78. The minimum Gasteiger partial charge on any atom is -0.480 e. The number of nitrogens with one attached hydrogen (secondary N) is 1. The van der Waals surface area contributed by atoms with Gasteiger partial charge in [0.2, 0.25) is 0 Å². The molecule has 1 amide bonds. The van der Waals surface area contributed by atoms with Crippen LogP contribution in [-0.4, -0.2) is 29.3 Å². The van der Waals surface area contributed by atoms with Crippen LogP contribution in [0.2, 0.25) is 0 Å². The molecule has 0 unspecified atom stereocenters. The molecular weight excluding hydrogens is 164 g/mol. The highest BCUT2D eigenvalue weighted by atomic mass is 16.6. The molecule has 0 aromatic rings. The first-order valence-corrected chi connectivity index (χ1v) is 3.50. The van der Waals surface area contributed by atoms with Crippen molar-refractivity contribution in [3.05, 3.63) is 0 Å². The van der Waals surface area contributed by atoms with Crippen LogP contribution in [0, 0.1) is 0 Å². The van der Waals surface area contributed by atoms with Gasteiger partial charge < -0.3 is 15.2 Å². The Labute approximate surface area is 70.7 Å². The van der Waals surface area contributed by atoms with Gasteiger partial charge in [0.05, 0.1) is 0 Å². The van der Waals surface area contributed by atoms with Crippen LogP contribution in [0.25, 0.3) is 0 Å². The van der Waals surface area contributed by atoms with Gasteiger partial charge in [-0.15, -0.1) is 0 Å². The molecule has 0 atom stereocenters. The van der Waals surface area contributed by atoms with E-state index in [-0.39, 0.29) is 0 Å². The summed E-state index contributed by atoms with van der Waals surface area (Å²) in [5.74, 6) is -1.10. The molecule has 0 aromatic carbocycles. The van der Waals surface area contributed by atoms with Gasteiger partial charge >= 0.3 is 12.1 Å². The molecule has 0 aliphatic rings. The summed E-state index contributed by atoms with van der Waals surface area (Å²) in [4.78, 5) is 20.8. The molecule has 0 heterocycles. The minimum absolute atomic E-state index is 0.422. The molecule has 0 spiro atoms. The average molecular weight is 177 g/mol. The topological polar surface area (TPSA) is 75.6 Å². The SMILES string of the molecule is CC(C)(C)OC(=O)[15NH][13CH2]C(=O)O. The van der Waals surface area contributed by atoms with E-state index in [0.29, 0.717) is 0 Å². The number of rotatable bonds is 2. The monoisotopic (exact) mass is 177 g/mol. The summed E-state index contributed by atoms with van der Waals surface area (Å²) in [6.07, 6.45) is -0.718. The maximum Gasteiger partial charge on any atom is 0.408 e. The third kappa shape index (κ3) is 6.85. The Balaban J connectivity index is 3.68. The number of amides is 1. The van der Waals surface area contributed by atoms with Crippen molar-refractivity contribution < 1.29 is 19.4 Å². The first-order chi connectivity index (χ1) is 5.31. The lowest BCUT2D eigenvalue weighted by Crippen LogP contribution is -2.35. The quantitative estimate of drug-likeness (QED) is 0.478. The van der Waals surface area contributed by atoms with Crippen molar-refractivity contribution in [1.29, 1.82) is 0 Å². The predicted molar refractivity (Wildman–Crippen MR) is 41.9 cm³/mol. The molecule has 5 nitrogen and oxygen atoms in total. The second-order valence-corrected chi connectivity index (χ2v) is 3.25. The van der Waals surface area contributed by atoms with Gasteiger partial charge in [0.15, 0.2) is 0 Å². The number of carbonyl (C=O) groups is 2. The third-order valence-corrected chi connectivity index (χ3v) is 0.783. The molecule has 0 saturated heterocycles. The fourth-order valence-corrected chi connectivity index (χ4v) is 0.462. The maximum atomic E-state index is 10.8. The second kappa shape index (κ2) is 3.94. The van der Waals surface area contributed by atoms with Crippen molar-refractivity contribution in [2.45, 2.75) is 26.4 Å². The van der Waals surface area contributed by atoms with E-state index in [1.165, 1.54) is 0 Å². The van der Waals surface area contributed by atoms with Crippen molar-refractivity contribution in [1.82, 2.24) is 5.32 Å². The van der Waals surface area contributed by atoms with Gasteiger partial charge in [0.1, 0.15) is 12.1 Å². The highest BCUT2D eigenvalue weighted by Crippen LogP contribution is 2.05. The molecule has 2 N–H and O–H groups in total. The van der Waals surface area contributed by atoms with Gasteiger partial charge in [0.25, 0.3) is 0 Å². The van der Waals surface area contributed by atoms with E-state index in [0.717, 1.165) is 0 Å². The van der Waals surface area contributed by atoms with E-state index in [4.69, 9.17) is 9.84 Å². The average Bonchev–Trinajstić information content (AvgIpc) is 1.79. The van der Waals surface area contributed by atoms with Crippen molar-refractivity contribution in [2.24, 2.45) is 0 Å². The highest BCUT2D eigenvalue weighted by molar-refractivity contribution is 5.76. The summed E-state index contributed by atoms with van der Waals surface area (Å²) in [5.41, 5.74) is -0.595.